The zero-order valence-electron chi connectivity index (χ0n) is 16.6. The Morgan fingerprint density at radius 3 is 2.22 bits per heavy atom. The van der Waals surface area contributed by atoms with Crippen molar-refractivity contribution in [3.05, 3.63) is 17.6 Å². The molecule has 6 nitrogen and oxygen atoms in total. The molecule has 0 radical (unpaired) electrons. The quantitative estimate of drug-likeness (QED) is 0.817. The lowest BCUT2D eigenvalue weighted by Crippen LogP contribution is -2.60. The number of hydrogen-bond donors (Lipinski definition) is 1. The number of hydrogen-bond acceptors (Lipinski definition) is 5. The lowest BCUT2D eigenvalue weighted by Gasteiger charge is -2.41. The molecule has 2 N–H and O–H groups in total. The van der Waals surface area contributed by atoms with E-state index in [-0.39, 0.29) is 30.7 Å². The number of amides is 1. The van der Waals surface area contributed by atoms with Crippen molar-refractivity contribution in [3.8, 4) is 0 Å². The van der Waals surface area contributed by atoms with E-state index in [9.17, 15) is 4.79 Å². The molecular weight excluding hydrogens is 385 g/mol. The number of anilines is 1. The highest BCUT2D eigenvalue weighted by atomic mass is 35.5. The van der Waals surface area contributed by atoms with Gasteiger partial charge in [0.1, 0.15) is 11.6 Å². The van der Waals surface area contributed by atoms with Crippen molar-refractivity contribution in [2.24, 2.45) is 5.73 Å². The van der Waals surface area contributed by atoms with E-state index in [1.54, 1.807) is 0 Å². The molecule has 0 unspecified atom stereocenters. The summed E-state index contributed by atoms with van der Waals surface area (Å²) >= 11 is 0. The SMILES string of the molecule is Cc1cc(N2CCN(C(=O)C3(N)CCCCC3)CC2)nc(C(C)C)n1.Cl.Cl. The molecule has 0 atom stereocenters. The molecule has 154 valence electrons. The van der Waals surface area contributed by atoms with Crippen LogP contribution in [-0.2, 0) is 4.79 Å². The van der Waals surface area contributed by atoms with Crippen LogP contribution in [0.2, 0.25) is 0 Å². The second-order valence-corrected chi connectivity index (χ2v) is 7.88. The van der Waals surface area contributed by atoms with Gasteiger partial charge in [0.05, 0.1) is 5.54 Å². The van der Waals surface area contributed by atoms with Gasteiger partial charge in [0.15, 0.2) is 0 Å². The fourth-order valence-electron chi connectivity index (χ4n) is 3.84. The molecule has 1 amide bonds. The molecule has 1 aliphatic carbocycles. The summed E-state index contributed by atoms with van der Waals surface area (Å²) < 4.78 is 0. The maximum absolute atomic E-state index is 12.9. The maximum atomic E-state index is 12.9. The summed E-state index contributed by atoms with van der Waals surface area (Å²) in [6, 6.07) is 2.04. The zero-order valence-corrected chi connectivity index (χ0v) is 18.2. The van der Waals surface area contributed by atoms with Crippen LogP contribution in [0, 0.1) is 6.92 Å². The van der Waals surface area contributed by atoms with Crippen molar-refractivity contribution in [2.75, 3.05) is 31.1 Å². The Balaban J connectivity index is 0.00000182. The average molecular weight is 418 g/mol. The Hall–Kier alpha value is -1.11. The van der Waals surface area contributed by atoms with Crippen LogP contribution in [0.5, 0.6) is 0 Å². The minimum Gasteiger partial charge on any atom is -0.353 e. The van der Waals surface area contributed by atoms with Crippen molar-refractivity contribution in [1.29, 1.82) is 0 Å². The van der Waals surface area contributed by atoms with Crippen molar-refractivity contribution < 1.29 is 4.79 Å². The average Bonchev–Trinajstić information content (AvgIpc) is 2.61. The summed E-state index contributed by atoms with van der Waals surface area (Å²) in [6.07, 6.45) is 5.00. The number of halogens is 2. The predicted octanol–water partition coefficient (Wildman–Crippen LogP) is 3.06. The fraction of sp³-hybridized carbons (Fsp3) is 0.737. The second-order valence-electron chi connectivity index (χ2n) is 7.88. The van der Waals surface area contributed by atoms with Crippen molar-refractivity contribution in [3.63, 3.8) is 0 Å². The summed E-state index contributed by atoms with van der Waals surface area (Å²) in [6.45, 7) is 9.28. The molecule has 0 spiro atoms. The number of carbonyl (C=O) groups is 1. The van der Waals surface area contributed by atoms with E-state index in [0.29, 0.717) is 5.92 Å². The molecule has 27 heavy (non-hydrogen) atoms. The van der Waals surface area contributed by atoms with E-state index in [2.05, 4.69) is 23.7 Å². The normalized spacial score (nSPS) is 19.3. The summed E-state index contributed by atoms with van der Waals surface area (Å²) in [5.41, 5.74) is 6.79. The van der Waals surface area contributed by atoms with Crippen LogP contribution in [0.4, 0.5) is 5.82 Å². The van der Waals surface area contributed by atoms with E-state index in [1.165, 1.54) is 6.42 Å². The number of aryl methyl sites for hydroxylation is 1. The number of nitrogens with zero attached hydrogens (tertiary/aromatic N) is 4. The molecule has 1 saturated heterocycles. The number of piperazine rings is 1. The van der Waals surface area contributed by atoms with Gasteiger partial charge >= 0.3 is 0 Å². The first-order chi connectivity index (χ1) is 11.9. The fourth-order valence-corrected chi connectivity index (χ4v) is 3.84. The highest BCUT2D eigenvalue weighted by molar-refractivity contribution is 5.86. The van der Waals surface area contributed by atoms with Gasteiger partial charge in [-0.2, -0.15) is 0 Å². The van der Waals surface area contributed by atoms with Crippen LogP contribution >= 0.6 is 24.8 Å². The Kier molecular flexibility index (Phi) is 8.77. The van der Waals surface area contributed by atoms with Crippen LogP contribution in [0.25, 0.3) is 0 Å². The molecule has 1 aromatic rings. The van der Waals surface area contributed by atoms with Gasteiger partial charge in [-0.05, 0) is 19.8 Å². The first kappa shape index (κ1) is 23.9. The molecular formula is C19H33Cl2N5O. The predicted molar refractivity (Wildman–Crippen MR) is 114 cm³/mol. The van der Waals surface area contributed by atoms with Gasteiger partial charge in [-0.15, -0.1) is 24.8 Å². The summed E-state index contributed by atoms with van der Waals surface area (Å²) in [5, 5.41) is 0. The first-order valence-corrected chi connectivity index (χ1v) is 9.58. The van der Waals surface area contributed by atoms with Gasteiger partial charge in [-0.25, -0.2) is 9.97 Å². The van der Waals surface area contributed by atoms with Gasteiger partial charge < -0.3 is 15.5 Å². The standard InChI is InChI=1S/C19H31N5O.2ClH/c1-14(2)17-21-15(3)13-16(22-17)23-9-11-24(12-10-23)18(25)19(20)7-5-4-6-8-19;;/h13-14H,4-12,20H2,1-3H3;2*1H. The lowest BCUT2D eigenvalue weighted by atomic mass is 9.81. The van der Waals surface area contributed by atoms with E-state index < -0.39 is 5.54 Å². The molecule has 1 aromatic heterocycles. The van der Waals surface area contributed by atoms with Gasteiger partial charge in [-0.3, -0.25) is 4.79 Å². The van der Waals surface area contributed by atoms with E-state index in [0.717, 1.165) is 69.2 Å². The number of rotatable bonds is 3. The molecule has 8 heteroatoms. The highest BCUT2D eigenvalue weighted by Crippen LogP contribution is 2.28. The van der Waals surface area contributed by atoms with Crippen LogP contribution in [0.3, 0.4) is 0 Å². The first-order valence-electron chi connectivity index (χ1n) is 9.58. The minimum atomic E-state index is -0.628. The van der Waals surface area contributed by atoms with Crippen LogP contribution < -0.4 is 10.6 Å². The summed E-state index contributed by atoms with van der Waals surface area (Å²) in [7, 11) is 0. The van der Waals surface area contributed by atoms with E-state index in [4.69, 9.17) is 10.7 Å². The number of carbonyl (C=O) groups excluding carboxylic acids is 1. The molecule has 1 saturated carbocycles. The van der Waals surface area contributed by atoms with Gasteiger partial charge in [0, 0.05) is 43.9 Å². The second kappa shape index (κ2) is 9.89. The highest BCUT2D eigenvalue weighted by Gasteiger charge is 2.39. The lowest BCUT2D eigenvalue weighted by molar-refractivity contribution is -0.138. The molecule has 1 aliphatic heterocycles. The Morgan fingerprint density at radius 2 is 1.67 bits per heavy atom. The van der Waals surface area contributed by atoms with Crippen molar-refractivity contribution in [2.45, 2.75) is 64.3 Å². The van der Waals surface area contributed by atoms with Crippen molar-refractivity contribution >= 4 is 36.5 Å². The summed E-state index contributed by atoms with van der Waals surface area (Å²) in [4.78, 5) is 26.3. The Morgan fingerprint density at radius 1 is 1.07 bits per heavy atom. The van der Waals surface area contributed by atoms with Crippen molar-refractivity contribution in [1.82, 2.24) is 14.9 Å². The van der Waals surface area contributed by atoms with Crippen LogP contribution in [0.15, 0.2) is 6.07 Å². The monoisotopic (exact) mass is 417 g/mol. The van der Waals surface area contributed by atoms with Gasteiger partial charge in [0.25, 0.3) is 0 Å². The number of aromatic nitrogens is 2. The van der Waals surface area contributed by atoms with E-state index in [1.807, 2.05) is 17.9 Å². The van der Waals surface area contributed by atoms with Gasteiger partial charge in [0.2, 0.25) is 5.91 Å². The van der Waals surface area contributed by atoms with E-state index >= 15 is 0 Å². The largest absolute Gasteiger partial charge is 0.353 e. The smallest absolute Gasteiger partial charge is 0.242 e. The topological polar surface area (TPSA) is 75.3 Å². The third-order valence-corrected chi connectivity index (χ3v) is 5.44. The molecule has 2 heterocycles. The van der Waals surface area contributed by atoms with Gasteiger partial charge in [-0.1, -0.05) is 33.1 Å². The Bertz CT molecular complexity index is 627. The molecule has 0 aromatic carbocycles. The van der Waals surface area contributed by atoms with Crippen LogP contribution in [0.1, 0.15) is 63.4 Å². The molecule has 3 rings (SSSR count). The van der Waals surface area contributed by atoms with Crippen LogP contribution in [-0.4, -0.2) is 52.5 Å². The third kappa shape index (κ3) is 5.46. The molecule has 2 aliphatic rings. The number of nitrogens with two attached hydrogens (primary N) is 1. The molecule has 2 fully saturated rings. The maximum Gasteiger partial charge on any atom is 0.242 e. The minimum absolute atomic E-state index is 0. The Labute approximate surface area is 175 Å². The summed E-state index contributed by atoms with van der Waals surface area (Å²) in [5.74, 6) is 2.32. The zero-order chi connectivity index (χ0) is 18.0. The molecule has 0 bridgehead atoms. The third-order valence-electron chi connectivity index (χ3n) is 5.44.